The molecular weight excluding hydrogens is 412 g/mol. The number of morpholine rings is 1. The van der Waals surface area contributed by atoms with Crippen LogP contribution in [0.5, 0.6) is 0 Å². The summed E-state index contributed by atoms with van der Waals surface area (Å²) in [6, 6.07) is 16.0. The molecule has 0 amide bonds. The topological polar surface area (TPSA) is 57.6 Å². The molecule has 0 radical (unpaired) electrons. The van der Waals surface area contributed by atoms with Crippen LogP contribution in [0.1, 0.15) is 0 Å². The molecule has 4 heterocycles. The number of rotatable bonds is 4. The minimum atomic E-state index is 0.697. The van der Waals surface area contributed by atoms with Crippen molar-refractivity contribution in [3.05, 3.63) is 59.8 Å². The van der Waals surface area contributed by atoms with Crippen molar-refractivity contribution >= 4 is 29.2 Å². The second-order valence-corrected chi connectivity index (χ2v) is 8.12. The average Bonchev–Trinajstić information content (AvgIpc) is 2.85. The van der Waals surface area contributed by atoms with Crippen LogP contribution in [-0.2, 0) is 4.74 Å². The Labute approximate surface area is 187 Å². The van der Waals surface area contributed by atoms with Crippen LogP contribution in [0.2, 0.25) is 5.02 Å². The first-order valence-electron chi connectivity index (χ1n) is 10.6. The Hall–Kier alpha value is -2.90. The Bertz CT molecular complexity index is 1020. The Morgan fingerprint density at radius 1 is 0.742 bits per heavy atom. The fourth-order valence-electron chi connectivity index (χ4n) is 3.99. The van der Waals surface area contributed by atoms with Crippen LogP contribution in [0.25, 0.3) is 11.3 Å². The highest BCUT2D eigenvalue weighted by Crippen LogP contribution is 2.28. The lowest BCUT2D eigenvalue weighted by Crippen LogP contribution is -2.47. The van der Waals surface area contributed by atoms with E-state index < -0.39 is 0 Å². The van der Waals surface area contributed by atoms with Crippen molar-refractivity contribution < 1.29 is 4.74 Å². The van der Waals surface area contributed by atoms with Gasteiger partial charge in [0.05, 0.1) is 18.9 Å². The third-order valence-corrected chi connectivity index (χ3v) is 5.93. The van der Waals surface area contributed by atoms with E-state index in [1.165, 1.54) is 0 Å². The summed E-state index contributed by atoms with van der Waals surface area (Å²) in [6.45, 7) is 6.56. The molecule has 2 fully saturated rings. The van der Waals surface area contributed by atoms with Crippen LogP contribution in [0.4, 0.5) is 17.6 Å². The van der Waals surface area contributed by atoms with E-state index in [2.05, 4.69) is 31.8 Å². The minimum absolute atomic E-state index is 0.697. The Morgan fingerprint density at radius 3 is 2.23 bits per heavy atom. The van der Waals surface area contributed by atoms with Gasteiger partial charge < -0.3 is 19.4 Å². The molecule has 0 saturated carbocycles. The molecule has 0 spiro atoms. The number of benzene rings is 1. The molecule has 2 aromatic heterocycles. The van der Waals surface area contributed by atoms with E-state index in [0.717, 1.165) is 68.1 Å². The van der Waals surface area contributed by atoms with Crippen molar-refractivity contribution in [1.29, 1.82) is 0 Å². The van der Waals surface area contributed by atoms with E-state index in [9.17, 15) is 0 Å². The van der Waals surface area contributed by atoms with E-state index >= 15 is 0 Å². The summed E-state index contributed by atoms with van der Waals surface area (Å²) in [4.78, 5) is 21.2. The summed E-state index contributed by atoms with van der Waals surface area (Å²) in [7, 11) is 0. The quantitative estimate of drug-likeness (QED) is 0.621. The van der Waals surface area contributed by atoms with Crippen molar-refractivity contribution in [1.82, 2.24) is 15.0 Å². The number of hydrogen-bond donors (Lipinski definition) is 0. The smallest absolute Gasteiger partial charge is 0.228 e. The fraction of sp³-hybridized carbons (Fsp3) is 0.348. The Balaban J connectivity index is 1.43. The molecule has 160 valence electrons. The van der Waals surface area contributed by atoms with Crippen LogP contribution in [0, 0.1) is 0 Å². The lowest BCUT2D eigenvalue weighted by atomic mass is 10.1. The van der Waals surface area contributed by atoms with E-state index in [1.54, 1.807) is 0 Å². The van der Waals surface area contributed by atoms with Crippen molar-refractivity contribution in [3.63, 3.8) is 0 Å². The standard InChI is InChI=1S/C23H25ClN6O/c24-19-5-3-4-18(16-19)20-17-22(27-23(26-20)30-12-14-31-15-13-30)29-10-8-28(9-11-29)21-6-1-2-7-25-21/h1-7,16-17H,8-15H2. The van der Waals surface area contributed by atoms with Gasteiger partial charge in [0.25, 0.3) is 0 Å². The summed E-state index contributed by atoms with van der Waals surface area (Å²) in [5.41, 5.74) is 1.89. The van der Waals surface area contributed by atoms with Gasteiger partial charge in [-0.1, -0.05) is 29.8 Å². The largest absolute Gasteiger partial charge is 0.378 e. The molecule has 7 nitrogen and oxygen atoms in total. The molecule has 2 aliphatic rings. The molecule has 8 heteroatoms. The van der Waals surface area contributed by atoms with Gasteiger partial charge in [0.15, 0.2) is 0 Å². The highest BCUT2D eigenvalue weighted by atomic mass is 35.5. The monoisotopic (exact) mass is 436 g/mol. The van der Waals surface area contributed by atoms with E-state index in [4.69, 9.17) is 26.3 Å². The number of anilines is 3. The minimum Gasteiger partial charge on any atom is -0.378 e. The van der Waals surface area contributed by atoms with Crippen molar-refractivity contribution in [2.45, 2.75) is 0 Å². The molecule has 0 bridgehead atoms. The summed E-state index contributed by atoms with van der Waals surface area (Å²) in [6.07, 6.45) is 1.85. The summed E-state index contributed by atoms with van der Waals surface area (Å²) < 4.78 is 5.52. The van der Waals surface area contributed by atoms with Gasteiger partial charge in [-0.15, -0.1) is 0 Å². The van der Waals surface area contributed by atoms with Crippen LogP contribution in [0.3, 0.4) is 0 Å². The number of hydrogen-bond acceptors (Lipinski definition) is 7. The zero-order chi connectivity index (χ0) is 21.0. The molecular formula is C23H25ClN6O. The third kappa shape index (κ3) is 4.57. The van der Waals surface area contributed by atoms with Crippen molar-refractivity contribution in [3.8, 4) is 11.3 Å². The van der Waals surface area contributed by atoms with Crippen molar-refractivity contribution in [2.24, 2.45) is 0 Å². The number of aromatic nitrogens is 3. The van der Waals surface area contributed by atoms with Gasteiger partial charge in [0.2, 0.25) is 5.95 Å². The first-order chi connectivity index (χ1) is 15.3. The maximum Gasteiger partial charge on any atom is 0.228 e. The molecule has 1 aromatic carbocycles. The number of pyridine rings is 1. The summed E-state index contributed by atoms with van der Waals surface area (Å²) in [5, 5.41) is 0.703. The molecule has 31 heavy (non-hydrogen) atoms. The SMILES string of the molecule is Clc1cccc(-c2cc(N3CCN(c4ccccn4)CC3)nc(N3CCOCC3)n2)c1. The van der Waals surface area contributed by atoms with E-state index in [0.29, 0.717) is 18.2 Å². The van der Waals surface area contributed by atoms with Crippen molar-refractivity contribution in [2.75, 3.05) is 67.2 Å². The lowest BCUT2D eigenvalue weighted by molar-refractivity contribution is 0.122. The Kier molecular flexibility index (Phi) is 5.86. The zero-order valence-corrected chi connectivity index (χ0v) is 18.1. The zero-order valence-electron chi connectivity index (χ0n) is 17.3. The van der Waals surface area contributed by atoms with Crippen LogP contribution in [-0.4, -0.2) is 67.4 Å². The van der Waals surface area contributed by atoms with Gasteiger partial charge in [-0.25, -0.2) is 9.97 Å². The predicted octanol–water partition coefficient (Wildman–Crippen LogP) is 3.36. The summed E-state index contributed by atoms with van der Waals surface area (Å²) in [5.74, 6) is 2.73. The van der Waals surface area contributed by atoms with E-state index in [1.807, 2.05) is 42.6 Å². The summed E-state index contributed by atoms with van der Waals surface area (Å²) >= 11 is 6.25. The van der Waals surface area contributed by atoms with Gasteiger partial charge in [0.1, 0.15) is 11.6 Å². The maximum atomic E-state index is 6.25. The molecule has 0 N–H and O–H groups in total. The first kappa shape index (κ1) is 20.0. The van der Waals surface area contributed by atoms with Gasteiger partial charge in [0, 0.05) is 62.1 Å². The molecule has 5 rings (SSSR count). The fourth-order valence-corrected chi connectivity index (χ4v) is 4.18. The van der Waals surface area contributed by atoms with Crippen LogP contribution in [0.15, 0.2) is 54.7 Å². The average molecular weight is 437 g/mol. The Morgan fingerprint density at radius 2 is 1.52 bits per heavy atom. The first-order valence-corrected chi connectivity index (χ1v) is 11.0. The van der Waals surface area contributed by atoms with Crippen LogP contribution < -0.4 is 14.7 Å². The van der Waals surface area contributed by atoms with Gasteiger partial charge in [-0.05, 0) is 24.3 Å². The molecule has 2 saturated heterocycles. The van der Waals surface area contributed by atoms with E-state index in [-0.39, 0.29) is 0 Å². The van der Waals surface area contributed by atoms with Gasteiger partial charge in [-0.2, -0.15) is 4.98 Å². The lowest BCUT2D eigenvalue weighted by Gasteiger charge is -2.36. The van der Waals surface area contributed by atoms with Gasteiger partial charge in [-0.3, -0.25) is 0 Å². The molecule has 0 atom stereocenters. The van der Waals surface area contributed by atoms with Gasteiger partial charge >= 0.3 is 0 Å². The predicted molar refractivity (Wildman–Crippen MR) is 124 cm³/mol. The number of ether oxygens (including phenoxy) is 1. The van der Waals surface area contributed by atoms with Crippen LogP contribution >= 0.6 is 11.6 Å². The number of halogens is 1. The highest BCUT2D eigenvalue weighted by molar-refractivity contribution is 6.30. The molecule has 0 unspecified atom stereocenters. The molecule has 3 aromatic rings. The highest BCUT2D eigenvalue weighted by Gasteiger charge is 2.22. The third-order valence-electron chi connectivity index (χ3n) is 5.69. The molecule has 2 aliphatic heterocycles. The second kappa shape index (κ2) is 9.08. The molecule has 0 aliphatic carbocycles. The normalized spacial score (nSPS) is 17.1. The number of piperazine rings is 1. The maximum absolute atomic E-state index is 6.25. The second-order valence-electron chi connectivity index (χ2n) is 7.68. The number of nitrogens with zero attached hydrogens (tertiary/aromatic N) is 6.